The van der Waals surface area contributed by atoms with E-state index in [4.69, 9.17) is 4.74 Å². The van der Waals surface area contributed by atoms with Gasteiger partial charge in [0.15, 0.2) is 12.4 Å². The number of esters is 1. The van der Waals surface area contributed by atoms with Crippen LogP contribution in [0, 0.1) is 13.8 Å². The van der Waals surface area contributed by atoms with Gasteiger partial charge in [0.25, 0.3) is 5.91 Å². The summed E-state index contributed by atoms with van der Waals surface area (Å²) in [6.07, 6.45) is 0. The third kappa shape index (κ3) is 4.52. The van der Waals surface area contributed by atoms with Crippen LogP contribution in [0.3, 0.4) is 0 Å². The zero-order valence-electron chi connectivity index (χ0n) is 13.9. The summed E-state index contributed by atoms with van der Waals surface area (Å²) in [4.78, 5) is 35.1. The van der Waals surface area contributed by atoms with E-state index in [9.17, 15) is 14.4 Å². The molecule has 24 heavy (non-hydrogen) atoms. The summed E-state index contributed by atoms with van der Waals surface area (Å²) in [5, 5.41) is 2.61. The largest absolute Gasteiger partial charge is 0.452 e. The minimum absolute atomic E-state index is 0.0460. The number of nitrogens with one attached hydrogen (secondary N) is 1. The molecule has 0 bridgehead atoms. The van der Waals surface area contributed by atoms with Crippen LogP contribution in [0.25, 0.3) is 0 Å². The summed E-state index contributed by atoms with van der Waals surface area (Å²) in [5.41, 5.74) is 3.40. The highest BCUT2D eigenvalue weighted by Gasteiger charge is 2.13. The third-order valence-electron chi connectivity index (χ3n) is 3.51. The quantitative estimate of drug-likeness (QED) is 0.676. The van der Waals surface area contributed by atoms with E-state index >= 15 is 0 Å². The summed E-state index contributed by atoms with van der Waals surface area (Å²) < 4.78 is 5.04. The van der Waals surface area contributed by atoms with Crippen LogP contribution in [-0.2, 0) is 9.53 Å². The predicted molar refractivity (Wildman–Crippen MR) is 91.3 cm³/mol. The molecule has 0 unspecified atom stereocenters. The number of amides is 1. The second-order valence-corrected chi connectivity index (χ2v) is 5.58. The number of benzene rings is 2. The van der Waals surface area contributed by atoms with Crippen LogP contribution in [0.2, 0.25) is 0 Å². The molecule has 0 aliphatic carbocycles. The van der Waals surface area contributed by atoms with Crippen molar-refractivity contribution in [1.29, 1.82) is 0 Å². The van der Waals surface area contributed by atoms with Crippen molar-refractivity contribution < 1.29 is 19.1 Å². The Hall–Kier alpha value is -2.95. The molecule has 2 rings (SSSR count). The van der Waals surface area contributed by atoms with Crippen LogP contribution < -0.4 is 5.32 Å². The van der Waals surface area contributed by atoms with E-state index in [0.717, 1.165) is 11.1 Å². The Labute approximate surface area is 140 Å². The molecule has 0 saturated carbocycles. The van der Waals surface area contributed by atoms with Crippen molar-refractivity contribution in [3.8, 4) is 0 Å². The van der Waals surface area contributed by atoms with Gasteiger partial charge in [0, 0.05) is 11.3 Å². The van der Waals surface area contributed by atoms with Gasteiger partial charge in [0.05, 0.1) is 5.56 Å². The lowest BCUT2D eigenvalue weighted by atomic mass is 10.1. The Balaban J connectivity index is 1.90. The Morgan fingerprint density at radius 3 is 2.25 bits per heavy atom. The molecule has 124 valence electrons. The topological polar surface area (TPSA) is 72.5 Å². The first-order valence-electron chi connectivity index (χ1n) is 7.52. The van der Waals surface area contributed by atoms with E-state index in [1.54, 1.807) is 30.3 Å². The van der Waals surface area contributed by atoms with Crippen molar-refractivity contribution in [3.05, 3.63) is 64.7 Å². The van der Waals surface area contributed by atoms with Crippen LogP contribution in [0.1, 0.15) is 38.8 Å². The van der Waals surface area contributed by atoms with Gasteiger partial charge >= 0.3 is 5.97 Å². The fourth-order valence-corrected chi connectivity index (χ4v) is 2.24. The average Bonchev–Trinajstić information content (AvgIpc) is 2.53. The molecule has 0 atom stereocenters. The molecule has 0 saturated heterocycles. The minimum atomic E-state index is -0.533. The number of carbonyl (C=O) groups is 3. The molecule has 1 amide bonds. The van der Waals surface area contributed by atoms with Gasteiger partial charge in [-0.3, -0.25) is 9.59 Å². The van der Waals surface area contributed by atoms with Crippen LogP contribution >= 0.6 is 0 Å². The summed E-state index contributed by atoms with van der Waals surface area (Å²) in [5.74, 6) is -1.02. The van der Waals surface area contributed by atoms with Crippen molar-refractivity contribution >= 4 is 23.3 Å². The number of Topliss-reactive ketones (excluding diaryl/α,β-unsaturated/α-hetero) is 1. The highest BCUT2D eigenvalue weighted by atomic mass is 16.5. The Morgan fingerprint density at radius 1 is 1.00 bits per heavy atom. The molecule has 5 heteroatoms. The Morgan fingerprint density at radius 2 is 1.67 bits per heavy atom. The predicted octanol–water partition coefficient (Wildman–Crippen LogP) is 3.30. The van der Waals surface area contributed by atoms with Gasteiger partial charge < -0.3 is 10.1 Å². The number of aryl methyl sites for hydroxylation is 2. The highest BCUT2D eigenvalue weighted by Crippen LogP contribution is 2.12. The van der Waals surface area contributed by atoms with Crippen LogP contribution in [-0.4, -0.2) is 24.3 Å². The maximum atomic E-state index is 12.0. The van der Waals surface area contributed by atoms with Crippen LogP contribution in [0.4, 0.5) is 5.69 Å². The molecule has 0 aliphatic heterocycles. The first-order valence-corrected chi connectivity index (χ1v) is 7.52. The number of rotatable bonds is 5. The average molecular weight is 325 g/mol. The second-order valence-electron chi connectivity index (χ2n) is 5.58. The van der Waals surface area contributed by atoms with Gasteiger partial charge in [-0.1, -0.05) is 17.7 Å². The van der Waals surface area contributed by atoms with Crippen molar-refractivity contribution in [2.45, 2.75) is 20.8 Å². The molecular weight excluding hydrogens is 306 g/mol. The van der Waals surface area contributed by atoms with E-state index < -0.39 is 11.9 Å². The maximum absolute atomic E-state index is 12.0. The van der Waals surface area contributed by atoms with Gasteiger partial charge in [0.2, 0.25) is 0 Å². The number of anilines is 1. The normalized spacial score (nSPS) is 10.1. The summed E-state index contributed by atoms with van der Waals surface area (Å²) in [6, 6.07) is 11.9. The zero-order chi connectivity index (χ0) is 17.7. The summed E-state index contributed by atoms with van der Waals surface area (Å²) >= 11 is 0. The molecule has 0 heterocycles. The Bertz CT molecular complexity index is 778. The standard InChI is InChI=1S/C19H19NO4/c1-12-4-9-17(13(2)10-12)19(23)24-11-18(22)20-16-7-5-15(6-8-16)14(3)21/h4-10H,11H2,1-3H3,(H,20,22). The zero-order valence-corrected chi connectivity index (χ0v) is 13.9. The third-order valence-corrected chi connectivity index (χ3v) is 3.51. The molecular formula is C19H19NO4. The lowest BCUT2D eigenvalue weighted by Crippen LogP contribution is -2.21. The fourth-order valence-electron chi connectivity index (χ4n) is 2.24. The van der Waals surface area contributed by atoms with Gasteiger partial charge in [-0.05, 0) is 56.7 Å². The van der Waals surface area contributed by atoms with Gasteiger partial charge in [-0.25, -0.2) is 4.79 Å². The first-order chi connectivity index (χ1) is 11.4. The van der Waals surface area contributed by atoms with E-state index in [-0.39, 0.29) is 12.4 Å². The van der Waals surface area contributed by atoms with E-state index in [2.05, 4.69) is 5.32 Å². The van der Waals surface area contributed by atoms with Crippen LogP contribution in [0.5, 0.6) is 0 Å². The minimum Gasteiger partial charge on any atom is -0.452 e. The Kier molecular flexibility index (Phi) is 5.47. The highest BCUT2D eigenvalue weighted by molar-refractivity contribution is 5.97. The molecule has 0 aromatic heterocycles. The van der Waals surface area contributed by atoms with E-state index in [1.165, 1.54) is 6.92 Å². The first kappa shape index (κ1) is 17.4. The number of ether oxygens (including phenoxy) is 1. The van der Waals surface area contributed by atoms with Crippen LogP contribution in [0.15, 0.2) is 42.5 Å². The summed E-state index contributed by atoms with van der Waals surface area (Å²) in [7, 11) is 0. The number of carbonyl (C=O) groups excluding carboxylic acids is 3. The number of ketones is 1. The summed E-state index contributed by atoms with van der Waals surface area (Å²) in [6.45, 7) is 4.86. The molecule has 1 N–H and O–H groups in total. The molecule has 2 aromatic carbocycles. The van der Waals surface area contributed by atoms with Gasteiger partial charge in [-0.2, -0.15) is 0 Å². The number of hydrogen-bond acceptors (Lipinski definition) is 4. The molecule has 0 fully saturated rings. The SMILES string of the molecule is CC(=O)c1ccc(NC(=O)COC(=O)c2ccc(C)cc2C)cc1. The van der Waals surface area contributed by atoms with Gasteiger partial charge in [0.1, 0.15) is 0 Å². The van der Waals surface area contributed by atoms with E-state index in [1.807, 2.05) is 26.0 Å². The number of hydrogen-bond donors (Lipinski definition) is 1. The lowest BCUT2D eigenvalue weighted by molar-refractivity contribution is -0.119. The van der Waals surface area contributed by atoms with Gasteiger partial charge in [-0.15, -0.1) is 0 Å². The van der Waals surface area contributed by atoms with Crippen molar-refractivity contribution in [2.75, 3.05) is 11.9 Å². The van der Waals surface area contributed by atoms with Crippen molar-refractivity contribution in [1.82, 2.24) is 0 Å². The lowest BCUT2D eigenvalue weighted by Gasteiger charge is -2.09. The van der Waals surface area contributed by atoms with Crippen molar-refractivity contribution in [2.24, 2.45) is 0 Å². The fraction of sp³-hybridized carbons (Fsp3) is 0.211. The monoisotopic (exact) mass is 325 g/mol. The molecule has 0 aliphatic rings. The smallest absolute Gasteiger partial charge is 0.338 e. The molecule has 5 nitrogen and oxygen atoms in total. The molecule has 0 radical (unpaired) electrons. The van der Waals surface area contributed by atoms with Crippen molar-refractivity contribution in [3.63, 3.8) is 0 Å². The van der Waals surface area contributed by atoms with E-state index in [0.29, 0.717) is 16.8 Å². The molecule has 2 aromatic rings. The molecule has 0 spiro atoms. The maximum Gasteiger partial charge on any atom is 0.338 e. The second kappa shape index (κ2) is 7.55.